The molecule has 1 aliphatic carbocycles. The third-order valence-electron chi connectivity index (χ3n) is 11.7. The van der Waals surface area contributed by atoms with Crippen molar-refractivity contribution in [2.24, 2.45) is 5.92 Å². The number of rotatable bonds is 9. The van der Waals surface area contributed by atoms with Crippen LogP contribution < -0.4 is 14.7 Å². The Bertz CT molecular complexity index is 1670. The number of allylic oxidation sites excluding steroid dienone is 2. The normalized spacial score (nSPS) is 24.3. The summed E-state index contributed by atoms with van der Waals surface area (Å²) in [5.41, 5.74) is 8.61. The summed E-state index contributed by atoms with van der Waals surface area (Å²) in [7, 11) is 4.57. The van der Waals surface area contributed by atoms with E-state index in [0.717, 1.165) is 31.5 Å². The smallest absolute Gasteiger partial charge is 0.229 e. The van der Waals surface area contributed by atoms with Crippen LogP contribution in [0.15, 0.2) is 109 Å². The summed E-state index contributed by atoms with van der Waals surface area (Å²) >= 11 is 0. The van der Waals surface area contributed by atoms with Gasteiger partial charge in [-0.3, -0.25) is 4.90 Å². The standard InChI is InChI=1S/C41H49N5/c1-40(2)33-19-13-27-42-38(33)44(5)35(40)25-23-29-21-22-30(24-26-36-41(3,4)34-20-14-28-43-39(34)45(36)6)37(29)46(31-15-9-7-10-16-31)32-17-11-8-12-18-32/h7-20,27-29,35-36H,21-26H2,1-6H3/p+1. The second-order valence-electron chi connectivity index (χ2n) is 14.9. The molecule has 7 rings (SSSR count). The predicted molar refractivity (Wildman–Crippen MR) is 190 cm³/mol. The van der Waals surface area contributed by atoms with E-state index in [2.05, 4.69) is 137 Å². The van der Waals surface area contributed by atoms with E-state index < -0.39 is 0 Å². The van der Waals surface area contributed by atoms with Crippen molar-refractivity contribution < 1.29 is 4.90 Å². The highest BCUT2D eigenvalue weighted by Gasteiger charge is 2.49. The topological polar surface area (TPSA) is 36.7 Å². The molecule has 5 nitrogen and oxygen atoms in total. The van der Waals surface area contributed by atoms with Crippen molar-refractivity contribution in [1.82, 2.24) is 9.97 Å². The summed E-state index contributed by atoms with van der Waals surface area (Å²) in [4.78, 5) is 16.1. The minimum atomic E-state index is 0.0622. The van der Waals surface area contributed by atoms with E-state index in [9.17, 15) is 0 Å². The van der Waals surface area contributed by atoms with E-state index in [1.165, 1.54) is 51.8 Å². The first-order valence-corrected chi connectivity index (χ1v) is 17.3. The first-order valence-electron chi connectivity index (χ1n) is 17.3. The number of aromatic nitrogens is 2. The number of nitrogens with one attached hydrogen (secondary N) is 1. The molecule has 4 atom stereocenters. The van der Waals surface area contributed by atoms with E-state index in [-0.39, 0.29) is 10.8 Å². The lowest BCUT2D eigenvalue weighted by atomic mass is 9.78. The molecule has 4 aromatic rings. The van der Waals surface area contributed by atoms with Gasteiger partial charge in [-0.05, 0) is 99.9 Å². The number of nitrogens with zero attached hydrogens (tertiary/aromatic N) is 4. The lowest BCUT2D eigenvalue weighted by Crippen LogP contribution is -3.08. The molecule has 46 heavy (non-hydrogen) atoms. The van der Waals surface area contributed by atoms with Gasteiger partial charge >= 0.3 is 0 Å². The summed E-state index contributed by atoms with van der Waals surface area (Å²) in [6.45, 7) is 9.67. The van der Waals surface area contributed by atoms with Gasteiger partial charge in [0.25, 0.3) is 0 Å². The highest BCUT2D eigenvalue weighted by molar-refractivity contribution is 5.69. The number of hydrogen-bond acceptors (Lipinski definition) is 4. The molecule has 0 amide bonds. The van der Waals surface area contributed by atoms with E-state index in [1.807, 2.05) is 12.4 Å². The van der Waals surface area contributed by atoms with Crippen LogP contribution in [0.4, 0.5) is 23.0 Å². The van der Waals surface area contributed by atoms with Crippen LogP contribution in [0.25, 0.3) is 0 Å². The molecular formula is C41H50N5+. The number of para-hydroxylation sites is 2. The van der Waals surface area contributed by atoms with Crippen LogP contribution in [-0.2, 0) is 10.8 Å². The first-order chi connectivity index (χ1) is 22.2. The second-order valence-corrected chi connectivity index (χ2v) is 14.9. The largest absolute Gasteiger partial charge is 0.356 e. The molecule has 2 aromatic heterocycles. The third kappa shape index (κ3) is 5.13. The van der Waals surface area contributed by atoms with E-state index >= 15 is 0 Å². The third-order valence-corrected chi connectivity index (χ3v) is 11.7. The summed E-state index contributed by atoms with van der Waals surface area (Å²) < 4.78 is 0. The van der Waals surface area contributed by atoms with Gasteiger partial charge in [0.15, 0.2) is 0 Å². The summed E-state index contributed by atoms with van der Waals surface area (Å²) in [6.07, 6.45) is 10.8. The summed E-state index contributed by atoms with van der Waals surface area (Å²) in [6, 6.07) is 31.8. The Morgan fingerprint density at radius 3 is 2.02 bits per heavy atom. The molecule has 0 spiro atoms. The number of likely N-dealkylation sites (N-methyl/N-ethyl adjacent to an activating group) is 2. The highest BCUT2D eigenvalue weighted by Crippen LogP contribution is 2.49. The molecule has 0 radical (unpaired) electrons. The highest BCUT2D eigenvalue weighted by atomic mass is 15.2. The Kier molecular flexibility index (Phi) is 8.01. The van der Waals surface area contributed by atoms with Crippen molar-refractivity contribution in [3.05, 3.63) is 120 Å². The first kappa shape index (κ1) is 30.7. The van der Waals surface area contributed by atoms with E-state index in [1.54, 1.807) is 5.57 Å². The minimum absolute atomic E-state index is 0.0622. The zero-order valence-corrected chi connectivity index (χ0v) is 28.5. The molecule has 5 heteroatoms. The van der Waals surface area contributed by atoms with Crippen molar-refractivity contribution >= 4 is 23.0 Å². The number of pyridine rings is 2. The number of benzene rings is 2. The molecule has 4 unspecified atom stereocenters. The lowest BCUT2D eigenvalue weighted by Gasteiger charge is -2.35. The van der Waals surface area contributed by atoms with Crippen LogP contribution in [0.5, 0.6) is 0 Å². The Morgan fingerprint density at radius 2 is 1.39 bits per heavy atom. The monoisotopic (exact) mass is 612 g/mol. The maximum Gasteiger partial charge on any atom is 0.229 e. The average Bonchev–Trinajstić information content (AvgIpc) is 3.62. The molecule has 0 bridgehead atoms. The van der Waals surface area contributed by atoms with E-state index in [4.69, 9.17) is 9.97 Å². The quantitative estimate of drug-likeness (QED) is 0.207. The van der Waals surface area contributed by atoms with Gasteiger partial charge in [0, 0.05) is 70.9 Å². The van der Waals surface area contributed by atoms with Crippen molar-refractivity contribution in [3.8, 4) is 0 Å². The van der Waals surface area contributed by atoms with Crippen molar-refractivity contribution in [3.63, 3.8) is 0 Å². The van der Waals surface area contributed by atoms with Gasteiger partial charge in [0.2, 0.25) is 5.82 Å². The van der Waals surface area contributed by atoms with Crippen LogP contribution in [-0.4, -0.2) is 36.1 Å². The number of fused-ring (bicyclic) bond motifs is 2. The van der Waals surface area contributed by atoms with Crippen molar-refractivity contribution in [2.75, 3.05) is 23.9 Å². The fourth-order valence-corrected chi connectivity index (χ4v) is 9.29. The molecule has 0 saturated carbocycles. The fourth-order valence-electron chi connectivity index (χ4n) is 9.29. The van der Waals surface area contributed by atoms with Crippen LogP contribution in [0.1, 0.15) is 77.3 Å². The maximum atomic E-state index is 4.83. The zero-order valence-electron chi connectivity index (χ0n) is 28.5. The van der Waals surface area contributed by atoms with Crippen LogP contribution >= 0.6 is 0 Å². The molecule has 2 aromatic carbocycles. The van der Waals surface area contributed by atoms with Gasteiger partial charge in [-0.1, -0.05) is 56.3 Å². The summed E-state index contributed by atoms with van der Waals surface area (Å²) in [5.74, 6) is 2.87. The van der Waals surface area contributed by atoms with Gasteiger partial charge < -0.3 is 9.80 Å². The van der Waals surface area contributed by atoms with Gasteiger partial charge in [-0.2, -0.15) is 0 Å². The maximum absolute atomic E-state index is 4.83. The zero-order chi connectivity index (χ0) is 32.1. The average molecular weight is 613 g/mol. The molecule has 1 N–H and O–H groups in total. The minimum Gasteiger partial charge on any atom is -0.356 e. The van der Waals surface area contributed by atoms with Gasteiger partial charge in [-0.15, -0.1) is 0 Å². The number of quaternary nitrogens is 1. The van der Waals surface area contributed by atoms with Gasteiger partial charge in [-0.25, -0.2) is 9.97 Å². The SMILES string of the molecule is CN1c2ncccc2C(C)(C)C1CCC1CCC(CCC2[NH+](C)c3ncccc3C2(C)C)=C1N(c1ccccc1)c1ccccc1. The Hall–Kier alpha value is -3.96. The molecular weight excluding hydrogens is 562 g/mol. The fraction of sp³-hybridized carbons (Fsp3) is 0.415. The number of hydrogen-bond donors (Lipinski definition) is 1. The lowest BCUT2D eigenvalue weighted by molar-refractivity contribution is -0.839. The van der Waals surface area contributed by atoms with Crippen LogP contribution in [0, 0.1) is 5.92 Å². The van der Waals surface area contributed by atoms with Crippen molar-refractivity contribution in [2.45, 2.75) is 89.1 Å². The molecule has 4 heterocycles. The Morgan fingerprint density at radius 1 is 0.761 bits per heavy atom. The van der Waals surface area contributed by atoms with Gasteiger partial charge in [0.05, 0.1) is 7.05 Å². The van der Waals surface area contributed by atoms with Gasteiger partial charge in [0.1, 0.15) is 11.9 Å². The second kappa shape index (κ2) is 12.0. The predicted octanol–water partition coefficient (Wildman–Crippen LogP) is 8.14. The summed E-state index contributed by atoms with van der Waals surface area (Å²) in [5, 5.41) is 0. The molecule has 2 aliphatic heterocycles. The molecule has 0 fully saturated rings. The van der Waals surface area contributed by atoms with Crippen molar-refractivity contribution in [1.29, 1.82) is 0 Å². The Balaban J connectivity index is 1.23. The molecule has 238 valence electrons. The van der Waals surface area contributed by atoms with Crippen LogP contribution in [0.3, 0.4) is 0 Å². The van der Waals surface area contributed by atoms with E-state index in [0.29, 0.717) is 18.0 Å². The molecule has 0 saturated heterocycles. The van der Waals surface area contributed by atoms with Crippen LogP contribution in [0.2, 0.25) is 0 Å². The molecule has 3 aliphatic rings. The Labute approximate surface area is 276 Å². The number of anilines is 3.